The third kappa shape index (κ3) is 2.79. The molecule has 1 atom stereocenters. The number of carboxylic acid groups (broad SMARTS) is 2. The number of carboxylic acids is 2. The molecule has 0 aromatic heterocycles. The van der Waals surface area contributed by atoms with Crippen LogP contribution in [0.2, 0.25) is 0 Å². The summed E-state index contributed by atoms with van der Waals surface area (Å²) in [6.45, 7) is 3.93. The lowest BCUT2D eigenvalue weighted by molar-refractivity contribution is -0.118. The quantitative estimate of drug-likeness (QED) is 0.781. The topological polar surface area (TPSA) is 104 Å². The Morgan fingerprint density at radius 3 is 1.90 bits per heavy atom. The molecule has 3 N–H and O–H groups in total. The highest BCUT2D eigenvalue weighted by Gasteiger charge is 2.50. The molecule has 1 aromatic carbocycles. The van der Waals surface area contributed by atoms with E-state index in [0.717, 1.165) is 12.5 Å². The van der Waals surface area contributed by atoms with Gasteiger partial charge in [0.2, 0.25) is 5.91 Å². The Morgan fingerprint density at radius 2 is 1.55 bits per heavy atom. The molecular formula is C14H15NO5. The molecule has 0 radical (unpaired) electrons. The van der Waals surface area contributed by atoms with E-state index in [4.69, 9.17) is 10.2 Å². The molecule has 106 valence electrons. The highest BCUT2D eigenvalue weighted by molar-refractivity contribution is 5.99. The van der Waals surface area contributed by atoms with E-state index >= 15 is 0 Å². The monoisotopic (exact) mass is 277 g/mol. The van der Waals surface area contributed by atoms with Crippen molar-refractivity contribution in [1.82, 2.24) is 0 Å². The lowest BCUT2D eigenvalue weighted by Crippen LogP contribution is -2.17. The van der Waals surface area contributed by atoms with E-state index in [9.17, 15) is 14.4 Å². The molecule has 6 nitrogen and oxygen atoms in total. The average molecular weight is 277 g/mol. The molecule has 0 aliphatic heterocycles. The molecule has 0 heterocycles. The van der Waals surface area contributed by atoms with Gasteiger partial charge in [-0.2, -0.15) is 0 Å². The van der Waals surface area contributed by atoms with Crippen molar-refractivity contribution in [3.8, 4) is 0 Å². The van der Waals surface area contributed by atoms with E-state index in [1.54, 1.807) is 0 Å². The Bertz CT molecular complexity index is 573. The summed E-state index contributed by atoms with van der Waals surface area (Å²) in [4.78, 5) is 33.9. The normalized spacial score (nSPS) is 19.2. The van der Waals surface area contributed by atoms with Crippen LogP contribution in [0.1, 0.15) is 41.0 Å². The molecule has 20 heavy (non-hydrogen) atoms. The van der Waals surface area contributed by atoms with Crippen LogP contribution in [0.3, 0.4) is 0 Å². The zero-order chi connectivity index (χ0) is 15.1. The molecule has 0 spiro atoms. The minimum atomic E-state index is -1.24. The van der Waals surface area contributed by atoms with Crippen LogP contribution < -0.4 is 5.32 Å². The third-order valence-electron chi connectivity index (χ3n) is 3.52. The van der Waals surface area contributed by atoms with Gasteiger partial charge in [-0.15, -0.1) is 0 Å². The number of rotatable bonds is 4. The summed E-state index contributed by atoms with van der Waals surface area (Å²) in [7, 11) is 0. The van der Waals surface area contributed by atoms with Gasteiger partial charge in [-0.1, -0.05) is 13.8 Å². The Labute approximate surface area is 115 Å². The molecule has 1 saturated carbocycles. The minimum absolute atomic E-state index is 0.0515. The molecule has 1 fully saturated rings. The zero-order valence-electron chi connectivity index (χ0n) is 11.1. The molecule has 0 saturated heterocycles. The summed E-state index contributed by atoms with van der Waals surface area (Å²) in [6, 6.07) is 3.56. The molecule has 1 aromatic rings. The molecular weight excluding hydrogens is 262 g/mol. The summed E-state index contributed by atoms with van der Waals surface area (Å²) < 4.78 is 0. The van der Waals surface area contributed by atoms with Crippen molar-refractivity contribution in [3.05, 3.63) is 29.3 Å². The first-order chi connectivity index (χ1) is 9.20. The van der Waals surface area contributed by atoms with Crippen molar-refractivity contribution in [1.29, 1.82) is 0 Å². The average Bonchev–Trinajstić information content (AvgIpc) is 2.98. The summed E-state index contributed by atoms with van der Waals surface area (Å²) in [5, 5.41) is 20.5. The van der Waals surface area contributed by atoms with Gasteiger partial charge in [-0.3, -0.25) is 4.79 Å². The van der Waals surface area contributed by atoms with Gasteiger partial charge in [0, 0.05) is 11.6 Å². The van der Waals surface area contributed by atoms with Gasteiger partial charge < -0.3 is 15.5 Å². The number of hydrogen-bond donors (Lipinski definition) is 3. The number of hydrogen-bond acceptors (Lipinski definition) is 3. The fourth-order valence-corrected chi connectivity index (χ4v) is 2.09. The highest BCUT2D eigenvalue weighted by atomic mass is 16.4. The summed E-state index contributed by atoms with van der Waals surface area (Å²) in [6.07, 6.45) is 0.767. The van der Waals surface area contributed by atoms with E-state index < -0.39 is 11.9 Å². The number of anilines is 1. The van der Waals surface area contributed by atoms with Crippen molar-refractivity contribution in [2.45, 2.75) is 20.3 Å². The van der Waals surface area contributed by atoms with Gasteiger partial charge >= 0.3 is 11.9 Å². The van der Waals surface area contributed by atoms with Crippen LogP contribution in [0.15, 0.2) is 18.2 Å². The second kappa shape index (κ2) is 4.63. The fourth-order valence-electron chi connectivity index (χ4n) is 2.09. The Morgan fingerprint density at radius 1 is 1.10 bits per heavy atom. The number of aromatic carboxylic acids is 2. The predicted molar refractivity (Wildman–Crippen MR) is 70.9 cm³/mol. The fraction of sp³-hybridized carbons (Fsp3) is 0.357. The van der Waals surface area contributed by atoms with E-state index in [1.807, 2.05) is 13.8 Å². The third-order valence-corrected chi connectivity index (χ3v) is 3.52. The second-order valence-electron chi connectivity index (χ2n) is 5.64. The van der Waals surface area contributed by atoms with E-state index in [2.05, 4.69) is 5.32 Å². The predicted octanol–water partition coefficient (Wildman–Crippen LogP) is 2.07. The number of carbonyl (C=O) groups is 3. The minimum Gasteiger partial charge on any atom is -0.478 e. The standard InChI is InChI=1S/C14H15NO5/c1-14(2)6-10(14)11(16)15-9-4-7(12(17)18)3-8(5-9)13(19)20/h3-5,10H,6H2,1-2H3,(H,15,16)(H,17,18)(H,19,20). The molecule has 1 amide bonds. The SMILES string of the molecule is CC1(C)CC1C(=O)Nc1cc(C(=O)O)cc(C(=O)O)c1. The number of nitrogens with one attached hydrogen (secondary N) is 1. The first kappa shape index (κ1) is 14.0. The van der Waals surface area contributed by atoms with E-state index in [1.165, 1.54) is 12.1 Å². The zero-order valence-corrected chi connectivity index (χ0v) is 11.1. The lowest BCUT2D eigenvalue weighted by atomic mass is 10.1. The van der Waals surface area contributed by atoms with Gasteiger partial charge in [0.1, 0.15) is 0 Å². The van der Waals surface area contributed by atoms with Gasteiger partial charge in [0.15, 0.2) is 0 Å². The highest BCUT2D eigenvalue weighted by Crippen LogP contribution is 2.52. The Kier molecular flexibility index (Phi) is 3.25. The van der Waals surface area contributed by atoms with Crippen molar-refractivity contribution < 1.29 is 24.6 Å². The van der Waals surface area contributed by atoms with Crippen molar-refractivity contribution in [2.75, 3.05) is 5.32 Å². The number of amides is 1. The van der Waals surface area contributed by atoms with Crippen molar-refractivity contribution >= 4 is 23.5 Å². The first-order valence-electron chi connectivity index (χ1n) is 6.13. The molecule has 2 rings (SSSR count). The van der Waals surface area contributed by atoms with Crippen molar-refractivity contribution in [2.24, 2.45) is 11.3 Å². The maximum Gasteiger partial charge on any atom is 0.335 e. The first-order valence-corrected chi connectivity index (χ1v) is 6.13. The van der Waals surface area contributed by atoms with Gasteiger partial charge in [-0.05, 0) is 30.0 Å². The van der Waals surface area contributed by atoms with Crippen LogP contribution >= 0.6 is 0 Å². The van der Waals surface area contributed by atoms with E-state index in [-0.39, 0.29) is 34.1 Å². The van der Waals surface area contributed by atoms with Crippen LogP contribution in [-0.4, -0.2) is 28.1 Å². The van der Waals surface area contributed by atoms with Gasteiger partial charge in [0.05, 0.1) is 11.1 Å². The molecule has 1 aliphatic rings. The van der Waals surface area contributed by atoms with Crippen LogP contribution in [0.4, 0.5) is 5.69 Å². The smallest absolute Gasteiger partial charge is 0.335 e. The summed E-state index contributed by atoms with van der Waals surface area (Å²) in [5.41, 5.74) is -0.204. The van der Waals surface area contributed by atoms with Crippen LogP contribution in [0, 0.1) is 11.3 Å². The Hall–Kier alpha value is -2.37. The summed E-state index contributed by atoms with van der Waals surface area (Å²) >= 11 is 0. The largest absolute Gasteiger partial charge is 0.478 e. The number of benzene rings is 1. The van der Waals surface area contributed by atoms with Crippen molar-refractivity contribution in [3.63, 3.8) is 0 Å². The molecule has 0 bridgehead atoms. The number of carbonyl (C=O) groups excluding carboxylic acids is 1. The second-order valence-corrected chi connectivity index (χ2v) is 5.64. The lowest BCUT2D eigenvalue weighted by Gasteiger charge is -2.08. The maximum absolute atomic E-state index is 11.9. The van der Waals surface area contributed by atoms with Gasteiger partial charge in [-0.25, -0.2) is 9.59 Å². The van der Waals surface area contributed by atoms with Gasteiger partial charge in [0.25, 0.3) is 0 Å². The maximum atomic E-state index is 11.9. The van der Waals surface area contributed by atoms with E-state index in [0.29, 0.717) is 0 Å². The van der Waals surface area contributed by atoms with Crippen LogP contribution in [0.25, 0.3) is 0 Å². The van der Waals surface area contributed by atoms with Crippen LogP contribution in [-0.2, 0) is 4.79 Å². The van der Waals surface area contributed by atoms with Crippen LogP contribution in [0.5, 0.6) is 0 Å². The molecule has 6 heteroatoms. The summed E-state index contributed by atoms with van der Waals surface area (Å²) in [5.74, 6) is -2.82. The molecule has 1 aliphatic carbocycles. The molecule has 1 unspecified atom stereocenters. The Balaban J connectivity index is 2.25.